The third kappa shape index (κ3) is 13.1. The van der Waals surface area contributed by atoms with E-state index < -0.39 is 5.97 Å². The summed E-state index contributed by atoms with van der Waals surface area (Å²) in [6.45, 7) is 10.2. The Bertz CT molecular complexity index is 1640. The number of anilines is 1. The summed E-state index contributed by atoms with van der Waals surface area (Å²) in [6, 6.07) is 17.3. The van der Waals surface area contributed by atoms with Crippen LogP contribution in [-0.4, -0.2) is 49.8 Å². The van der Waals surface area contributed by atoms with E-state index in [1.165, 1.54) is 41.9 Å². The molecule has 0 saturated carbocycles. The van der Waals surface area contributed by atoms with Gasteiger partial charge < -0.3 is 19.1 Å². The summed E-state index contributed by atoms with van der Waals surface area (Å²) in [6.07, 6.45) is 9.37. The minimum absolute atomic E-state index is 0.115. The van der Waals surface area contributed by atoms with Crippen molar-refractivity contribution in [3.63, 3.8) is 0 Å². The Kier molecular flexibility index (Phi) is 15.8. The highest BCUT2D eigenvalue weighted by Gasteiger charge is 2.09. The number of nitrogens with zero attached hydrogens (tertiary/aromatic N) is 6. The van der Waals surface area contributed by atoms with Gasteiger partial charge in [-0.15, -0.1) is 20.5 Å². The second kappa shape index (κ2) is 20.8. The number of esters is 2. The lowest BCUT2D eigenvalue weighted by Gasteiger charge is -2.22. The number of carbonyl (C=O) groups excluding carboxylic acids is 2. The predicted molar refractivity (Wildman–Crippen MR) is 197 cm³/mol. The molecule has 4 aromatic rings. The van der Waals surface area contributed by atoms with Crippen molar-refractivity contribution >= 4 is 71.3 Å². The van der Waals surface area contributed by atoms with Gasteiger partial charge in [0.2, 0.25) is 5.13 Å². The van der Waals surface area contributed by atoms with Gasteiger partial charge in [0.25, 0.3) is 0 Å². The monoisotopic (exact) mass is 704 g/mol. The van der Waals surface area contributed by atoms with Gasteiger partial charge in [0.15, 0.2) is 0 Å². The molecule has 0 bridgehead atoms. The second-order valence-electron chi connectivity index (χ2n) is 11.0. The van der Waals surface area contributed by atoms with Gasteiger partial charge in [-0.2, -0.15) is 0 Å². The standard InChI is InChI=1S/C36H44N6O5S2/c1-4-33(43)46-24-13-11-9-7-8-10-12-23-45-30-20-16-28(17-21-30)38-40-32-26-31-35(49-32)37-36(48-31)41-39-27-14-18-29(19-15-27)42(6-3)22-25-47-34(44)5-2/h5,14-21,26H,2,4,6-13,22-25H2,1,3H3. The van der Waals surface area contributed by atoms with Crippen LogP contribution < -0.4 is 9.64 Å². The minimum Gasteiger partial charge on any atom is -0.494 e. The fraction of sp³-hybridized carbons (Fsp3) is 0.417. The Hall–Kier alpha value is -4.49. The van der Waals surface area contributed by atoms with E-state index in [0.29, 0.717) is 37.9 Å². The second-order valence-corrected chi connectivity index (χ2v) is 13.0. The summed E-state index contributed by atoms with van der Waals surface area (Å²) >= 11 is 2.91. The zero-order valence-corrected chi connectivity index (χ0v) is 29.8. The molecule has 11 nitrogen and oxygen atoms in total. The lowest BCUT2D eigenvalue weighted by Crippen LogP contribution is -2.27. The number of thiazole rings is 1. The first-order valence-corrected chi connectivity index (χ1v) is 18.4. The van der Waals surface area contributed by atoms with Crippen LogP contribution in [0.15, 0.2) is 87.7 Å². The average molecular weight is 705 g/mol. The molecule has 2 aromatic carbocycles. The van der Waals surface area contributed by atoms with Gasteiger partial charge in [0, 0.05) is 24.7 Å². The molecule has 0 unspecified atom stereocenters. The van der Waals surface area contributed by atoms with Crippen LogP contribution >= 0.6 is 22.7 Å². The van der Waals surface area contributed by atoms with E-state index in [2.05, 4.69) is 36.9 Å². The number of carbonyl (C=O) groups is 2. The van der Waals surface area contributed by atoms with Crippen molar-refractivity contribution in [1.82, 2.24) is 4.98 Å². The summed E-state index contributed by atoms with van der Waals surface area (Å²) in [5.41, 5.74) is 2.47. The maximum Gasteiger partial charge on any atom is 0.330 e. The highest BCUT2D eigenvalue weighted by atomic mass is 32.1. The molecule has 0 fully saturated rings. The van der Waals surface area contributed by atoms with E-state index in [-0.39, 0.29) is 5.97 Å². The number of thiophene rings is 1. The molecule has 0 amide bonds. The molecule has 0 saturated heterocycles. The number of unbranched alkanes of at least 4 members (excludes halogenated alkanes) is 6. The number of azo groups is 2. The quantitative estimate of drug-likeness (QED) is 0.0345. The van der Waals surface area contributed by atoms with Crippen molar-refractivity contribution in [2.45, 2.75) is 65.2 Å². The smallest absolute Gasteiger partial charge is 0.330 e. The number of hydrogen-bond donors (Lipinski definition) is 0. The van der Waals surface area contributed by atoms with Crippen LogP contribution in [0.4, 0.5) is 27.2 Å². The molecule has 0 spiro atoms. The van der Waals surface area contributed by atoms with Crippen LogP contribution in [0.3, 0.4) is 0 Å². The Labute approximate surface area is 295 Å². The fourth-order valence-corrected chi connectivity index (χ4v) is 6.55. The number of aromatic nitrogens is 1. The third-order valence-corrected chi connectivity index (χ3v) is 9.32. The van der Waals surface area contributed by atoms with Crippen LogP contribution in [0.1, 0.15) is 65.2 Å². The summed E-state index contributed by atoms with van der Waals surface area (Å²) < 4.78 is 17.1. The van der Waals surface area contributed by atoms with Crippen LogP contribution in [0, 0.1) is 0 Å². The van der Waals surface area contributed by atoms with Gasteiger partial charge >= 0.3 is 11.9 Å². The molecule has 0 radical (unpaired) electrons. The maximum atomic E-state index is 11.3. The normalized spacial score (nSPS) is 11.4. The van der Waals surface area contributed by atoms with Crippen LogP contribution in [0.25, 0.3) is 9.53 Å². The fourth-order valence-electron chi connectivity index (χ4n) is 4.70. The number of benzene rings is 2. The Morgan fingerprint density at radius 1 is 0.796 bits per heavy atom. The van der Waals surface area contributed by atoms with Gasteiger partial charge in [-0.25, -0.2) is 9.78 Å². The minimum atomic E-state index is -0.422. The molecule has 2 aromatic heterocycles. The summed E-state index contributed by atoms with van der Waals surface area (Å²) in [5, 5.41) is 18.8. The van der Waals surface area contributed by atoms with Crippen molar-refractivity contribution in [3.05, 3.63) is 67.3 Å². The van der Waals surface area contributed by atoms with E-state index in [1.54, 1.807) is 0 Å². The van der Waals surface area contributed by atoms with Gasteiger partial charge in [0.1, 0.15) is 22.2 Å². The summed E-state index contributed by atoms with van der Waals surface area (Å²) in [7, 11) is 0. The molecule has 49 heavy (non-hydrogen) atoms. The van der Waals surface area contributed by atoms with Gasteiger partial charge in [-0.05, 0) is 74.4 Å². The Morgan fingerprint density at radius 3 is 2.10 bits per heavy atom. The van der Waals surface area contributed by atoms with Crippen molar-refractivity contribution in [1.29, 1.82) is 0 Å². The molecular formula is C36H44N6O5S2. The van der Waals surface area contributed by atoms with Crippen LogP contribution in [-0.2, 0) is 19.1 Å². The van der Waals surface area contributed by atoms with Gasteiger partial charge in [-0.1, -0.05) is 68.3 Å². The first-order valence-electron chi connectivity index (χ1n) is 16.7. The molecule has 0 atom stereocenters. The van der Waals surface area contributed by atoms with E-state index in [9.17, 15) is 9.59 Å². The van der Waals surface area contributed by atoms with Crippen LogP contribution in [0.2, 0.25) is 0 Å². The van der Waals surface area contributed by atoms with Gasteiger partial charge in [0.05, 0.1) is 35.8 Å². The molecule has 0 aliphatic carbocycles. The van der Waals surface area contributed by atoms with Crippen molar-refractivity contribution in [2.75, 3.05) is 37.8 Å². The zero-order valence-electron chi connectivity index (χ0n) is 28.2. The molecule has 13 heteroatoms. The third-order valence-electron chi connectivity index (χ3n) is 7.39. The SMILES string of the molecule is C=CC(=O)OCCN(CC)c1ccc(N=Nc2nc3sc(N=Nc4ccc(OCCCCCCCCCOC(=O)CC)cc4)cc3s2)cc1. The lowest BCUT2D eigenvalue weighted by molar-refractivity contribution is -0.143. The lowest BCUT2D eigenvalue weighted by atomic mass is 10.1. The molecule has 260 valence electrons. The number of fused-ring (bicyclic) bond motifs is 1. The number of hydrogen-bond acceptors (Lipinski definition) is 13. The highest BCUT2D eigenvalue weighted by Crippen LogP contribution is 2.39. The van der Waals surface area contributed by atoms with Gasteiger partial charge in [-0.3, -0.25) is 4.79 Å². The number of ether oxygens (including phenoxy) is 3. The first-order chi connectivity index (χ1) is 24.0. The zero-order chi connectivity index (χ0) is 34.7. The Balaban J connectivity index is 1.15. The molecule has 4 rings (SSSR count). The Morgan fingerprint density at radius 2 is 1.45 bits per heavy atom. The largest absolute Gasteiger partial charge is 0.494 e. The molecular weight excluding hydrogens is 661 g/mol. The molecule has 0 aliphatic rings. The number of likely N-dealkylation sites (N-methyl/N-ethyl adjacent to an activating group) is 1. The molecule has 0 aliphatic heterocycles. The van der Waals surface area contributed by atoms with E-state index in [0.717, 1.165) is 75.6 Å². The maximum absolute atomic E-state index is 11.3. The van der Waals surface area contributed by atoms with E-state index >= 15 is 0 Å². The summed E-state index contributed by atoms with van der Waals surface area (Å²) in [5.74, 6) is 0.288. The van der Waals surface area contributed by atoms with E-state index in [1.807, 2.05) is 68.4 Å². The number of rotatable bonds is 22. The van der Waals surface area contributed by atoms with Crippen molar-refractivity contribution in [2.24, 2.45) is 20.5 Å². The topological polar surface area (TPSA) is 127 Å². The first kappa shape index (κ1) is 37.3. The van der Waals surface area contributed by atoms with Crippen molar-refractivity contribution < 1.29 is 23.8 Å². The molecule has 2 heterocycles. The highest BCUT2D eigenvalue weighted by molar-refractivity contribution is 7.30. The predicted octanol–water partition coefficient (Wildman–Crippen LogP) is 10.8. The average Bonchev–Trinajstić information content (AvgIpc) is 3.70. The molecule has 0 N–H and O–H groups in total. The van der Waals surface area contributed by atoms with Crippen LogP contribution in [0.5, 0.6) is 5.75 Å². The van der Waals surface area contributed by atoms with E-state index in [4.69, 9.17) is 14.2 Å². The van der Waals surface area contributed by atoms with Crippen molar-refractivity contribution in [3.8, 4) is 5.75 Å². The summed E-state index contributed by atoms with van der Waals surface area (Å²) in [4.78, 5) is 29.9.